The van der Waals surface area contributed by atoms with Gasteiger partial charge >= 0.3 is 14.0 Å². The SMILES string of the molecule is CB1N(C)[CH-]N(c2[c-]cccc2)B(C)N1C.CN1B(c2ccccc2)N(c2[c-]cccc2)[CH-]N(c2ccccc2)B1c1ccccc1.CN1C=CN(c2[c-]cccc2)[CH-]1.CN1[CH-]N(c2[c-]cccc2)c2ccccc21.[Ir].[Ir].[Ir].[Ir].[c-]1ccccc1N1C=CN[CH-]1. The second kappa shape index (κ2) is 36.4. The van der Waals surface area contributed by atoms with E-state index in [4.69, 9.17) is 0 Å². The third kappa shape index (κ3) is 18.6. The van der Waals surface area contributed by atoms with Crippen LogP contribution >= 0.6 is 0 Å². The molecule has 0 unspecified atom stereocenters. The summed E-state index contributed by atoms with van der Waals surface area (Å²) in [6.45, 7) is 15.6. The Morgan fingerprint density at radius 2 is 0.811 bits per heavy atom. The molecule has 9 aromatic carbocycles. The first-order valence-electron chi connectivity index (χ1n) is 28.9. The Morgan fingerprint density at radius 1 is 0.367 bits per heavy atom. The molecule has 0 amide bonds. The van der Waals surface area contributed by atoms with Gasteiger partial charge in [-0.15, -0.1) is 28.4 Å². The van der Waals surface area contributed by atoms with E-state index in [2.05, 4.69) is 276 Å². The van der Waals surface area contributed by atoms with Crippen molar-refractivity contribution in [1.29, 1.82) is 0 Å². The molecule has 5 aliphatic rings. The molecule has 9 aromatic rings. The first-order chi connectivity index (χ1) is 42.1. The summed E-state index contributed by atoms with van der Waals surface area (Å²) in [6, 6.07) is 96.5. The maximum Gasteiger partial charge on any atom is 0.339 e. The van der Waals surface area contributed by atoms with Gasteiger partial charge in [-0.25, -0.2) is 6.67 Å². The predicted octanol–water partition coefficient (Wildman–Crippen LogP) is 11.7. The average molecular weight is 1890 g/mol. The quantitative estimate of drug-likeness (QED) is 0.116. The van der Waals surface area contributed by atoms with Crippen LogP contribution in [0.3, 0.4) is 0 Å². The molecule has 5 heterocycles. The first kappa shape index (κ1) is 72.5. The van der Waals surface area contributed by atoms with Crippen LogP contribution in [0.4, 0.5) is 45.5 Å². The van der Waals surface area contributed by atoms with Crippen LogP contribution in [-0.2, 0) is 80.4 Å². The van der Waals surface area contributed by atoms with E-state index in [-0.39, 0.29) is 94.4 Å². The van der Waals surface area contributed by atoms with Gasteiger partial charge in [0, 0.05) is 91.8 Å². The number of anilines is 8. The van der Waals surface area contributed by atoms with Gasteiger partial charge in [-0.2, -0.15) is 178 Å². The molecule has 20 heteroatoms. The van der Waals surface area contributed by atoms with Gasteiger partial charge in [0.1, 0.15) is 0 Å². The van der Waals surface area contributed by atoms with Gasteiger partial charge in [0.15, 0.2) is 0 Å². The fourth-order valence-electron chi connectivity index (χ4n) is 10.5. The molecule has 0 atom stereocenters. The van der Waals surface area contributed by atoms with Crippen molar-refractivity contribution in [3.63, 3.8) is 0 Å². The number of hydrogen-bond donors (Lipinski definition) is 1. The van der Waals surface area contributed by atoms with Gasteiger partial charge in [-0.1, -0.05) is 105 Å². The number of nitrogens with zero attached hydrogens (tertiary/aromatic N) is 11. The minimum absolute atomic E-state index is 0. The van der Waals surface area contributed by atoms with Gasteiger partial charge in [-0.05, 0) is 101 Å². The minimum atomic E-state index is 0. The van der Waals surface area contributed by atoms with Gasteiger partial charge in [0.05, 0.1) is 0 Å². The van der Waals surface area contributed by atoms with Crippen LogP contribution in [0.2, 0.25) is 13.6 Å². The molecule has 12 nitrogen and oxygen atoms in total. The third-order valence-corrected chi connectivity index (χ3v) is 15.2. The molecular weight excluding hydrogens is 1820 g/mol. The molecule has 0 saturated carbocycles. The second-order valence-corrected chi connectivity index (χ2v) is 20.9. The standard InChI is InChI=1S/C26H23B2N3.C14H12N2.C11H17B2N3.C10H10N2.C9H8N2.4Ir/c1-29-27(23-14-6-2-7-15-23)30(25-18-10-4-11-19-25)22-31(26-20-12-5-13-21-26)28(29)24-16-8-3-9-17-24;1-15-11-16(12-7-3-2-4-8-12)14-10-6-5-9-13(14)15;1-12-14(3)10-16(13(2)15(12)4)11-8-6-5-7-9-11;1-11-7-8-12(9-11)10-5-3-2-4-6-10;1-2-4-9(5-3-1)11-7-6-10-8-11;;;;/h2-20,22H,1H3;2-7,9-11H,1H3;5-8,10H,1-4H3;2-5,7-9H,1H3;1-4,6-8,10H;;;;/q5*-2;;;;. The van der Waals surface area contributed by atoms with Gasteiger partial charge in [0.2, 0.25) is 0 Å². The number of hydrogen-bond acceptors (Lipinski definition) is 12. The molecule has 4 radical (unpaired) electrons. The summed E-state index contributed by atoms with van der Waals surface area (Å²) in [5.74, 6) is 0. The molecule has 0 aliphatic carbocycles. The number of fused-ring (bicyclic) bond motifs is 1. The smallest absolute Gasteiger partial charge is 0.339 e. The second-order valence-electron chi connectivity index (χ2n) is 20.9. The summed E-state index contributed by atoms with van der Waals surface area (Å²) in [5, 5.41) is 2.97. The molecule has 90 heavy (non-hydrogen) atoms. The Hall–Kier alpha value is -6.60. The van der Waals surface area contributed by atoms with E-state index in [0.29, 0.717) is 14.0 Å². The molecule has 0 bridgehead atoms. The van der Waals surface area contributed by atoms with Gasteiger partial charge in [0.25, 0.3) is 14.0 Å². The third-order valence-electron chi connectivity index (χ3n) is 15.2. The fourth-order valence-corrected chi connectivity index (χ4v) is 10.5. The Morgan fingerprint density at radius 3 is 1.29 bits per heavy atom. The Balaban J connectivity index is 0.000000188. The summed E-state index contributed by atoms with van der Waals surface area (Å²) in [4.78, 5) is 19.4. The van der Waals surface area contributed by atoms with Gasteiger partial charge in [-0.3, -0.25) is 0 Å². The topological polar surface area (TPSA) is 47.7 Å². The van der Waals surface area contributed by atoms with E-state index >= 15 is 0 Å². The largest absolute Gasteiger partial charge is 0.562 e. The molecule has 0 spiro atoms. The number of nitrogens with one attached hydrogen (secondary N) is 1. The van der Waals surface area contributed by atoms with Crippen LogP contribution in [0, 0.1) is 63.7 Å². The van der Waals surface area contributed by atoms with Crippen molar-refractivity contribution < 1.29 is 80.4 Å². The van der Waals surface area contributed by atoms with Crippen molar-refractivity contribution in [2.75, 3.05) is 69.3 Å². The molecule has 1 N–H and O–H groups in total. The molecule has 2 saturated heterocycles. The minimum Gasteiger partial charge on any atom is -0.562 e. The van der Waals surface area contributed by atoms with Gasteiger partial charge < -0.3 is 58.5 Å². The van der Waals surface area contributed by atoms with E-state index in [1.165, 1.54) is 22.3 Å². The molecular formula is C70H70B4Ir4N12-10. The van der Waals surface area contributed by atoms with E-state index < -0.39 is 0 Å². The number of para-hydroxylation sites is 8. The summed E-state index contributed by atoms with van der Waals surface area (Å²) in [5.41, 5.74) is 11.4. The van der Waals surface area contributed by atoms with Crippen molar-refractivity contribution >= 4 is 84.4 Å². The summed E-state index contributed by atoms with van der Waals surface area (Å²) < 4.78 is 4.76. The Bertz CT molecular complexity index is 3410. The van der Waals surface area contributed by atoms with Crippen molar-refractivity contribution in [3.8, 4) is 0 Å². The first-order valence-corrected chi connectivity index (χ1v) is 28.9. The summed E-state index contributed by atoms with van der Waals surface area (Å²) in [6.07, 6.45) is 7.83. The normalized spacial score (nSPS) is 15.0. The molecule has 0 aromatic heterocycles. The van der Waals surface area contributed by atoms with Crippen molar-refractivity contribution in [1.82, 2.24) is 24.5 Å². The zero-order valence-electron chi connectivity index (χ0n) is 51.3. The maximum absolute atomic E-state index is 3.43. The average Bonchev–Trinajstić information content (AvgIpc) is 1.65. The maximum atomic E-state index is 3.43. The predicted molar refractivity (Wildman–Crippen MR) is 363 cm³/mol. The van der Waals surface area contributed by atoms with E-state index in [1.54, 1.807) is 0 Å². The van der Waals surface area contributed by atoms with Crippen LogP contribution in [0.25, 0.3) is 0 Å². The Labute approximate surface area is 592 Å². The molecule has 14 rings (SSSR count). The zero-order valence-corrected chi connectivity index (χ0v) is 60.9. The van der Waals surface area contributed by atoms with Crippen molar-refractivity contribution in [2.24, 2.45) is 0 Å². The Kier molecular flexibility index (Phi) is 29.3. The fraction of sp³-hybridized carbons (Fsp3) is 0.100. The van der Waals surface area contributed by atoms with E-state index in [0.717, 1.165) is 34.1 Å². The van der Waals surface area contributed by atoms with Crippen molar-refractivity contribution in [2.45, 2.75) is 13.6 Å². The van der Waals surface area contributed by atoms with Crippen molar-refractivity contribution in [3.05, 3.63) is 325 Å². The summed E-state index contributed by atoms with van der Waals surface area (Å²) >= 11 is 0. The van der Waals surface area contributed by atoms with Crippen LogP contribution in [0.15, 0.2) is 261 Å². The van der Waals surface area contributed by atoms with Crippen LogP contribution in [0.1, 0.15) is 0 Å². The van der Waals surface area contributed by atoms with Crippen LogP contribution in [-0.4, -0.2) is 82.3 Å². The monoisotopic (exact) mass is 1890 g/mol. The zero-order chi connectivity index (χ0) is 59.6. The van der Waals surface area contributed by atoms with Crippen LogP contribution < -0.4 is 50.3 Å². The van der Waals surface area contributed by atoms with E-state index in [9.17, 15) is 0 Å². The number of benzene rings is 9. The molecule has 468 valence electrons. The van der Waals surface area contributed by atoms with Crippen LogP contribution in [0.5, 0.6) is 0 Å². The summed E-state index contributed by atoms with van der Waals surface area (Å²) in [7, 11) is 10.5. The number of rotatable bonds is 8. The molecule has 5 aliphatic heterocycles. The molecule has 2 fully saturated rings. The van der Waals surface area contributed by atoms with E-state index in [1.807, 2.05) is 157 Å².